The minimum absolute atomic E-state index is 0.0773. The molecule has 202 valence electrons. The van der Waals surface area contributed by atoms with Gasteiger partial charge in [0.2, 0.25) is 10.0 Å². The van der Waals surface area contributed by atoms with Gasteiger partial charge in [0.1, 0.15) is 16.4 Å². The zero-order chi connectivity index (χ0) is 27.5. The summed E-state index contributed by atoms with van der Waals surface area (Å²) in [5.41, 5.74) is 2.08. The van der Waals surface area contributed by atoms with Gasteiger partial charge in [-0.25, -0.2) is 13.6 Å². The van der Waals surface area contributed by atoms with Gasteiger partial charge in [-0.15, -0.1) is 13.2 Å². The van der Waals surface area contributed by atoms with Crippen LogP contribution in [0.3, 0.4) is 0 Å². The average molecular weight is 550 g/mol. The van der Waals surface area contributed by atoms with Crippen LogP contribution in [0.4, 0.5) is 18.9 Å². The Kier molecular flexibility index (Phi) is 7.95. The van der Waals surface area contributed by atoms with Gasteiger partial charge >= 0.3 is 6.36 Å². The van der Waals surface area contributed by atoms with E-state index in [0.717, 1.165) is 25.9 Å². The monoisotopic (exact) mass is 549 g/mol. The van der Waals surface area contributed by atoms with Crippen molar-refractivity contribution >= 4 is 21.6 Å². The molecule has 38 heavy (non-hydrogen) atoms. The van der Waals surface area contributed by atoms with Crippen molar-refractivity contribution in [1.82, 2.24) is 4.90 Å². The van der Waals surface area contributed by atoms with E-state index in [-0.39, 0.29) is 27.5 Å². The first kappa shape index (κ1) is 27.4. The maximum atomic E-state index is 13.1. The number of hydrogen-bond acceptors (Lipinski definition) is 6. The smallest absolute Gasteiger partial charge is 0.495 e. The fourth-order valence-corrected chi connectivity index (χ4v) is 5.08. The molecular weight excluding hydrogens is 523 g/mol. The number of nitrogens with two attached hydrogens (primary N) is 1. The van der Waals surface area contributed by atoms with Crippen LogP contribution in [0.15, 0.2) is 65.6 Å². The van der Waals surface area contributed by atoms with Crippen LogP contribution in [0, 0.1) is 0 Å². The quantitative estimate of drug-likeness (QED) is 0.419. The van der Waals surface area contributed by atoms with E-state index in [1.807, 2.05) is 0 Å². The summed E-state index contributed by atoms with van der Waals surface area (Å²) in [5.74, 6) is -0.932. The normalized spacial score (nSPS) is 14.3. The Hall–Kier alpha value is -3.61. The Balaban J connectivity index is 1.68. The molecule has 0 aliphatic carbocycles. The number of primary sulfonamides is 1. The maximum Gasteiger partial charge on any atom is 0.573 e. The van der Waals surface area contributed by atoms with Gasteiger partial charge in [-0.05, 0) is 73.5 Å². The first-order valence-electron chi connectivity index (χ1n) is 11.7. The first-order valence-corrected chi connectivity index (χ1v) is 13.2. The summed E-state index contributed by atoms with van der Waals surface area (Å²) in [5, 5.41) is 7.95. The molecule has 4 rings (SSSR count). The third kappa shape index (κ3) is 6.63. The van der Waals surface area contributed by atoms with Gasteiger partial charge in [0.05, 0.1) is 7.11 Å². The predicted octanol–water partition coefficient (Wildman–Crippen LogP) is 4.76. The number of methoxy groups -OCH3 is 1. The van der Waals surface area contributed by atoms with E-state index in [1.165, 1.54) is 37.4 Å². The number of ether oxygens (including phenoxy) is 2. The largest absolute Gasteiger partial charge is 0.573 e. The van der Waals surface area contributed by atoms with Crippen molar-refractivity contribution in [1.29, 1.82) is 0 Å². The van der Waals surface area contributed by atoms with Crippen molar-refractivity contribution in [3.63, 3.8) is 0 Å². The number of nitrogens with one attached hydrogen (secondary N) is 1. The summed E-state index contributed by atoms with van der Waals surface area (Å²) in [7, 11) is -2.79. The predicted molar refractivity (Wildman–Crippen MR) is 135 cm³/mol. The molecule has 1 aliphatic heterocycles. The van der Waals surface area contributed by atoms with Gasteiger partial charge in [0.25, 0.3) is 5.91 Å². The summed E-state index contributed by atoms with van der Waals surface area (Å²) in [6.45, 7) is 2.18. The molecular formula is C26H26F3N3O5S. The lowest BCUT2D eigenvalue weighted by Gasteiger charge is -2.21. The summed E-state index contributed by atoms with van der Waals surface area (Å²) in [4.78, 5) is 14.9. The molecule has 1 fully saturated rings. The second-order valence-corrected chi connectivity index (χ2v) is 10.3. The zero-order valence-corrected chi connectivity index (χ0v) is 21.2. The molecule has 3 aromatic rings. The molecule has 12 heteroatoms. The van der Waals surface area contributed by atoms with E-state index >= 15 is 0 Å². The van der Waals surface area contributed by atoms with Crippen LogP contribution in [-0.4, -0.2) is 45.8 Å². The highest BCUT2D eigenvalue weighted by molar-refractivity contribution is 7.89. The van der Waals surface area contributed by atoms with Gasteiger partial charge in [-0.3, -0.25) is 9.69 Å². The number of hydrogen-bond donors (Lipinski definition) is 2. The molecule has 0 atom stereocenters. The molecule has 0 radical (unpaired) electrons. The first-order chi connectivity index (χ1) is 17.9. The summed E-state index contributed by atoms with van der Waals surface area (Å²) < 4.78 is 72.0. The molecule has 3 aromatic carbocycles. The summed E-state index contributed by atoms with van der Waals surface area (Å²) in [6.07, 6.45) is -2.80. The van der Waals surface area contributed by atoms with Crippen LogP contribution in [0.25, 0.3) is 11.1 Å². The molecule has 0 spiro atoms. The van der Waals surface area contributed by atoms with Crippen LogP contribution in [0.5, 0.6) is 11.5 Å². The lowest BCUT2D eigenvalue weighted by molar-refractivity contribution is -0.274. The summed E-state index contributed by atoms with van der Waals surface area (Å²) in [6, 6.07) is 14.6. The number of rotatable bonds is 8. The van der Waals surface area contributed by atoms with E-state index in [1.54, 1.807) is 30.3 Å². The molecule has 1 amide bonds. The van der Waals surface area contributed by atoms with Gasteiger partial charge in [-0.2, -0.15) is 0 Å². The molecule has 1 heterocycles. The van der Waals surface area contributed by atoms with E-state index in [2.05, 4.69) is 15.0 Å². The van der Waals surface area contributed by atoms with Crippen LogP contribution in [-0.2, 0) is 16.6 Å². The Morgan fingerprint density at radius 1 is 1.00 bits per heavy atom. The highest BCUT2D eigenvalue weighted by Crippen LogP contribution is 2.37. The van der Waals surface area contributed by atoms with Crippen LogP contribution >= 0.6 is 0 Å². The minimum Gasteiger partial charge on any atom is -0.495 e. The molecule has 0 saturated carbocycles. The second kappa shape index (κ2) is 11.0. The zero-order valence-electron chi connectivity index (χ0n) is 20.4. The molecule has 0 unspecified atom stereocenters. The number of para-hydroxylation sites is 1. The number of alkyl halides is 3. The molecule has 8 nitrogen and oxygen atoms in total. The topological polar surface area (TPSA) is 111 Å². The third-order valence-corrected chi connectivity index (χ3v) is 7.04. The molecule has 0 bridgehead atoms. The minimum atomic E-state index is -4.85. The maximum absolute atomic E-state index is 13.1. The van der Waals surface area contributed by atoms with Crippen molar-refractivity contribution in [2.75, 3.05) is 25.5 Å². The SMILES string of the molecule is COc1cc(C(=O)Nc2ccc(-c3ccccc3OC(F)(F)F)c(CN3CCCC3)c2)ccc1S(N)(=O)=O. The standard InChI is InChI=1S/C26H26F3N3O5S/c1-36-23-15-17(8-11-24(23)38(30,34)35)25(33)31-19-9-10-20(18(14-19)16-32-12-4-5-13-32)21-6-2-3-7-22(21)37-26(27,28)29/h2-3,6-11,14-15H,4-5,12-13,16H2,1H3,(H,31,33)(H2,30,34,35). The fourth-order valence-electron chi connectivity index (χ4n) is 4.40. The number of sulfonamides is 1. The number of nitrogens with zero attached hydrogens (tertiary/aromatic N) is 1. The highest BCUT2D eigenvalue weighted by Gasteiger charge is 2.32. The molecule has 1 saturated heterocycles. The Morgan fingerprint density at radius 3 is 2.37 bits per heavy atom. The van der Waals surface area contributed by atoms with Gasteiger partial charge < -0.3 is 14.8 Å². The number of benzene rings is 3. The number of halogens is 3. The van der Waals surface area contributed by atoms with Crippen LogP contribution in [0.1, 0.15) is 28.8 Å². The number of carbonyl (C=O) groups excluding carboxylic acids is 1. The van der Waals surface area contributed by atoms with Crippen molar-refractivity contribution in [2.45, 2.75) is 30.6 Å². The summed E-state index contributed by atoms with van der Waals surface area (Å²) >= 11 is 0. The lowest BCUT2D eigenvalue weighted by atomic mass is 9.97. The van der Waals surface area contributed by atoms with Crippen LogP contribution in [0.2, 0.25) is 0 Å². The second-order valence-electron chi connectivity index (χ2n) is 8.76. The van der Waals surface area contributed by atoms with Gasteiger partial charge in [0, 0.05) is 23.4 Å². The Morgan fingerprint density at radius 2 is 1.71 bits per heavy atom. The highest BCUT2D eigenvalue weighted by atomic mass is 32.2. The fraction of sp³-hybridized carbons (Fsp3) is 0.269. The van der Waals surface area contributed by atoms with Crippen molar-refractivity contribution in [3.05, 3.63) is 71.8 Å². The molecule has 0 aromatic heterocycles. The number of carbonyl (C=O) groups is 1. The van der Waals surface area contributed by atoms with E-state index in [9.17, 15) is 26.4 Å². The van der Waals surface area contributed by atoms with Crippen molar-refractivity contribution in [2.24, 2.45) is 5.14 Å². The van der Waals surface area contributed by atoms with Gasteiger partial charge in [-0.1, -0.05) is 24.3 Å². The lowest BCUT2D eigenvalue weighted by Crippen LogP contribution is -2.20. The number of amides is 1. The van der Waals surface area contributed by atoms with E-state index in [0.29, 0.717) is 23.4 Å². The molecule has 1 aliphatic rings. The van der Waals surface area contributed by atoms with Crippen molar-refractivity contribution < 1.29 is 35.9 Å². The Labute approximate surface area is 218 Å². The third-order valence-electron chi connectivity index (χ3n) is 6.09. The Bertz CT molecular complexity index is 1440. The average Bonchev–Trinajstić information content (AvgIpc) is 3.36. The van der Waals surface area contributed by atoms with E-state index in [4.69, 9.17) is 9.88 Å². The van der Waals surface area contributed by atoms with Gasteiger partial charge in [0.15, 0.2) is 0 Å². The number of likely N-dealkylation sites (tertiary alicyclic amines) is 1. The number of anilines is 1. The van der Waals surface area contributed by atoms with Crippen molar-refractivity contribution in [3.8, 4) is 22.6 Å². The van der Waals surface area contributed by atoms with Crippen LogP contribution < -0.4 is 19.9 Å². The molecule has 3 N–H and O–H groups in total. The van der Waals surface area contributed by atoms with E-state index < -0.39 is 22.3 Å².